The second-order valence-corrected chi connectivity index (χ2v) is 4.81. The van der Waals surface area contributed by atoms with Crippen molar-refractivity contribution >= 4 is 18.0 Å². The second-order valence-electron chi connectivity index (χ2n) is 4.81. The highest BCUT2D eigenvalue weighted by atomic mass is 16.4. The van der Waals surface area contributed by atoms with Crippen molar-refractivity contribution in [3.63, 3.8) is 0 Å². The molecule has 0 aromatic heterocycles. The zero-order valence-electron chi connectivity index (χ0n) is 12.0. The van der Waals surface area contributed by atoms with Gasteiger partial charge in [-0.05, 0) is 17.2 Å². The Balaban J connectivity index is 2.05. The van der Waals surface area contributed by atoms with Gasteiger partial charge in [-0.15, -0.1) is 0 Å². The lowest BCUT2D eigenvalue weighted by atomic mass is 10.0. The van der Waals surface area contributed by atoms with Crippen LogP contribution in [0.4, 0.5) is 0 Å². The number of carbonyl (C=O) groups excluding carboxylic acids is 1. The van der Waals surface area contributed by atoms with Gasteiger partial charge in [0, 0.05) is 6.08 Å². The molecule has 4 nitrogen and oxygen atoms in total. The summed E-state index contributed by atoms with van der Waals surface area (Å²) in [4.78, 5) is 23.0. The van der Waals surface area contributed by atoms with Crippen LogP contribution in [0.3, 0.4) is 0 Å². The number of amides is 1. The van der Waals surface area contributed by atoms with Crippen LogP contribution in [0.15, 0.2) is 66.7 Å². The molecule has 2 rings (SSSR count). The van der Waals surface area contributed by atoms with E-state index in [0.717, 1.165) is 11.1 Å². The molecule has 0 spiro atoms. The highest BCUT2D eigenvalue weighted by Crippen LogP contribution is 2.16. The van der Waals surface area contributed by atoms with Gasteiger partial charge in [-0.1, -0.05) is 60.7 Å². The number of nitrogens with one attached hydrogen (secondary N) is 1. The van der Waals surface area contributed by atoms with Crippen LogP contribution < -0.4 is 5.32 Å². The predicted molar refractivity (Wildman–Crippen MR) is 85.1 cm³/mol. The van der Waals surface area contributed by atoms with Gasteiger partial charge in [-0.3, -0.25) is 9.59 Å². The Labute approximate surface area is 129 Å². The van der Waals surface area contributed by atoms with E-state index >= 15 is 0 Å². The summed E-state index contributed by atoms with van der Waals surface area (Å²) in [5, 5.41) is 11.7. The molecular formula is C18H17NO3. The molecule has 0 aliphatic carbocycles. The molecule has 22 heavy (non-hydrogen) atoms. The normalized spacial score (nSPS) is 12.0. The molecule has 2 aromatic rings. The maximum Gasteiger partial charge on any atom is 0.305 e. The fraction of sp³-hybridized carbons (Fsp3) is 0.111. The van der Waals surface area contributed by atoms with Crippen molar-refractivity contribution < 1.29 is 14.7 Å². The molecule has 4 heteroatoms. The largest absolute Gasteiger partial charge is 0.481 e. The fourth-order valence-electron chi connectivity index (χ4n) is 2.07. The van der Waals surface area contributed by atoms with Gasteiger partial charge < -0.3 is 10.4 Å². The summed E-state index contributed by atoms with van der Waals surface area (Å²) in [5.74, 6) is -1.28. The minimum atomic E-state index is -0.957. The van der Waals surface area contributed by atoms with Crippen LogP contribution in [0, 0.1) is 0 Å². The molecule has 1 amide bonds. The van der Waals surface area contributed by atoms with Crippen LogP contribution in [-0.4, -0.2) is 17.0 Å². The van der Waals surface area contributed by atoms with Crippen molar-refractivity contribution in [1.82, 2.24) is 5.32 Å². The van der Waals surface area contributed by atoms with E-state index in [9.17, 15) is 9.59 Å². The quantitative estimate of drug-likeness (QED) is 0.805. The van der Waals surface area contributed by atoms with Gasteiger partial charge in [0.25, 0.3) is 0 Å². The maximum absolute atomic E-state index is 12.0. The third-order valence-corrected chi connectivity index (χ3v) is 3.12. The first-order chi connectivity index (χ1) is 10.6. The lowest BCUT2D eigenvalue weighted by Crippen LogP contribution is -2.28. The van der Waals surface area contributed by atoms with E-state index in [1.807, 2.05) is 48.5 Å². The Morgan fingerprint density at radius 2 is 1.59 bits per heavy atom. The smallest absolute Gasteiger partial charge is 0.305 e. The topological polar surface area (TPSA) is 66.4 Å². The molecule has 0 saturated heterocycles. The van der Waals surface area contributed by atoms with Gasteiger partial charge >= 0.3 is 5.97 Å². The van der Waals surface area contributed by atoms with E-state index in [4.69, 9.17) is 5.11 Å². The number of rotatable bonds is 6. The molecule has 0 aliphatic heterocycles. The standard InChI is InChI=1S/C18H17NO3/c20-17(12-11-14-7-3-1-4-8-14)19-16(13-18(21)22)15-9-5-2-6-10-15/h1-12,16H,13H2,(H,19,20)(H,21,22)/b12-11+. The fourth-order valence-corrected chi connectivity index (χ4v) is 2.07. The number of benzene rings is 2. The number of aliphatic carboxylic acids is 1. The summed E-state index contributed by atoms with van der Waals surface area (Å²) >= 11 is 0. The third kappa shape index (κ3) is 4.90. The zero-order valence-corrected chi connectivity index (χ0v) is 12.0. The summed E-state index contributed by atoms with van der Waals surface area (Å²) in [7, 11) is 0. The first-order valence-electron chi connectivity index (χ1n) is 6.95. The number of carbonyl (C=O) groups is 2. The van der Waals surface area contributed by atoms with Gasteiger partial charge in [0.2, 0.25) is 5.91 Å². The molecule has 0 saturated carbocycles. The number of carboxylic acid groups (broad SMARTS) is 1. The highest BCUT2D eigenvalue weighted by molar-refractivity contribution is 5.92. The van der Waals surface area contributed by atoms with E-state index in [1.165, 1.54) is 6.08 Å². The zero-order chi connectivity index (χ0) is 15.8. The predicted octanol–water partition coefficient (Wildman–Crippen LogP) is 3.03. The van der Waals surface area contributed by atoms with E-state index in [0.29, 0.717) is 0 Å². The van der Waals surface area contributed by atoms with Gasteiger partial charge in [-0.2, -0.15) is 0 Å². The minimum Gasteiger partial charge on any atom is -0.481 e. The van der Waals surface area contributed by atoms with E-state index < -0.39 is 12.0 Å². The first-order valence-corrected chi connectivity index (χ1v) is 6.95. The summed E-state index contributed by atoms with van der Waals surface area (Å²) in [5.41, 5.74) is 1.68. The Morgan fingerprint density at radius 3 is 2.18 bits per heavy atom. The van der Waals surface area contributed by atoms with Crippen molar-refractivity contribution in [3.8, 4) is 0 Å². The van der Waals surface area contributed by atoms with E-state index in [2.05, 4.69) is 5.32 Å². The molecule has 0 radical (unpaired) electrons. The number of hydrogen-bond donors (Lipinski definition) is 2. The maximum atomic E-state index is 12.0. The Kier molecular flexibility index (Phi) is 5.49. The first kappa shape index (κ1) is 15.5. The molecule has 112 valence electrons. The molecular weight excluding hydrogens is 278 g/mol. The lowest BCUT2D eigenvalue weighted by Gasteiger charge is -2.16. The van der Waals surface area contributed by atoms with Crippen LogP contribution in [0.2, 0.25) is 0 Å². The Hall–Kier alpha value is -2.88. The van der Waals surface area contributed by atoms with Crippen molar-refractivity contribution in [3.05, 3.63) is 77.9 Å². The molecule has 1 atom stereocenters. The molecule has 0 bridgehead atoms. The van der Waals surface area contributed by atoms with Gasteiger partial charge in [0.15, 0.2) is 0 Å². The van der Waals surface area contributed by atoms with Crippen molar-refractivity contribution in [1.29, 1.82) is 0 Å². The van der Waals surface area contributed by atoms with Crippen LogP contribution in [0.25, 0.3) is 6.08 Å². The van der Waals surface area contributed by atoms with Crippen molar-refractivity contribution in [2.24, 2.45) is 0 Å². The second kappa shape index (κ2) is 7.78. The summed E-state index contributed by atoms with van der Waals surface area (Å²) in [6.45, 7) is 0. The SMILES string of the molecule is O=C(O)CC(NC(=O)/C=C/c1ccccc1)c1ccccc1. The molecule has 0 fully saturated rings. The average molecular weight is 295 g/mol. The molecule has 0 heterocycles. The van der Waals surface area contributed by atoms with Crippen LogP contribution in [0.1, 0.15) is 23.6 Å². The van der Waals surface area contributed by atoms with Crippen LogP contribution in [0.5, 0.6) is 0 Å². The van der Waals surface area contributed by atoms with Gasteiger partial charge in [0.05, 0.1) is 12.5 Å². The monoisotopic (exact) mass is 295 g/mol. The van der Waals surface area contributed by atoms with Crippen LogP contribution >= 0.6 is 0 Å². The molecule has 2 aromatic carbocycles. The summed E-state index contributed by atoms with van der Waals surface area (Å²) in [6.07, 6.45) is 2.94. The third-order valence-electron chi connectivity index (χ3n) is 3.12. The van der Waals surface area contributed by atoms with Gasteiger partial charge in [0.1, 0.15) is 0 Å². The minimum absolute atomic E-state index is 0.158. The number of carboxylic acids is 1. The Bertz CT molecular complexity index is 651. The molecule has 2 N–H and O–H groups in total. The Morgan fingerprint density at radius 1 is 1.00 bits per heavy atom. The van der Waals surface area contributed by atoms with Crippen molar-refractivity contribution in [2.75, 3.05) is 0 Å². The van der Waals surface area contributed by atoms with E-state index in [-0.39, 0.29) is 12.3 Å². The molecule has 1 unspecified atom stereocenters. The summed E-state index contributed by atoms with van der Waals surface area (Å²) < 4.78 is 0. The van der Waals surface area contributed by atoms with Crippen molar-refractivity contribution in [2.45, 2.75) is 12.5 Å². The average Bonchev–Trinajstić information content (AvgIpc) is 2.54. The summed E-state index contributed by atoms with van der Waals surface area (Å²) in [6, 6.07) is 18.0. The van der Waals surface area contributed by atoms with Crippen LogP contribution in [-0.2, 0) is 9.59 Å². The molecule has 0 aliphatic rings. The number of hydrogen-bond acceptors (Lipinski definition) is 2. The highest BCUT2D eigenvalue weighted by Gasteiger charge is 2.16. The van der Waals surface area contributed by atoms with Gasteiger partial charge in [-0.25, -0.2) is 0 Å². The van der Waals surface area contributed by atoms with E-state index in [1.54, 1.807) is 18.2 Å². The lowest BCUT2D eigenvalue weighted by molar-refractivity contribution is -0.137.